The number of rotatable bonds is 4. The van der Waals surface area contributed by atoms with Gasteiger partial charge < -0.3 is 20.7 Å². The number of fused-ring (bicyclic) bond motifs is 1. The van der Waals surface area contributed by atoms with E-state index in [1.165, 1.54) is 42.5 Å². The van der Waals surface area contributed by atoms with E-state index in [0.717, 1.165) is 6.07 Å². The fourth-order valence-corrected chi connectivity index (χ4v) is 3.13. The van der Waals surface area contributed by atoms with E-state index in [9.17, 15) is 28.0 Å². The summed E-state index contributed by atoms with van der Waals surface area (Å²) in [4.78, 5) is 10.4. The summed E-state index contributed by atoms with van der Waals surface area (Å²) in [6.07, 6.45) is 0. The van der Waals surface area contributed by atoms with Crippen molar-refractivity contribution in [3.05, 3.63) is 54.1 Å². The molecule has 3 aromatic rings. The number of hydrogen-bond acceptors (Lipinski definition) is 8. The molecule has 9 nitrogen and oxygen atoms in total. The van der Waals surface area contributed by atoms with Crippen LogP contribution in [0.4, 0.5) is 17.1 Å². The van der Waals surface area contributed by atoms with E-state index in [2.05, 4.69) is 10.2 Å². The fraction of sp³-hybridized carbons (Fsp3) is 0. The zero-order chi connectivity index (χ0) is 19.8. The molecule has 0 fully saturated rings. The number of benzene rings is 3. The summed E-state index contributed by atoms with van der Waals surface area (Å²) < 4.78 is 32.8. The Kier molecular flexibility index (Phi) is 8.81. The Hall–Kier alpha value is -1.50. The summed E-state index contributed by atoms with van der Waals surface area (Å²) in [7, 11) is -4.80. The molecular weight excluding hydrogens is 420 g/mol. The van der Waals surface area contributed by atoms with E-state index < -0.39 is 32.4 Å². The standard InChI is InChI=1S/C17H13N3O6S.2Na/c18-10-6-5-9-7-14(27(24,25)26)15(16(21)12(9)8-10)20-19-13-4-2-1-3-11(13)17(22)23;;/h1-8,21H,18H2,(H,22,23)(H,24,25,26);;/q;2*+1/p-2. The molecule has 138 valence electrons. The molecule has 0 radical (unpaired) electrons. The van der Waals surface area contributed by atoms with Crippen LogP contribution >= 0.6 is 0 Å². The van der Waals surface area contributed by atoms with Crippen molar-refractivity contribution in [1.29, 1.82) is 0 Å². The maximum atomic E-state index is 12.7. The minimum atomic E-state index is -4.80. The van der Waals surface area contributed by atoms with Crippen molar-refractivity contribution < 1.29 is 87.1 Å². The molecule has 3 N–H and O–H groups in total. The number of nitrogens with zero attached hydrogens (tertiary/aromatic N) is 2. The Morgan fingerprint density at radius 2 is 1.69 bits per heavy atom. The molecule has 29 heavy (non-hydrogen) atoms. The molecule has 0 aliphatic carbocycles. The number of aromatic carboxylic acids is 1. The summed E-state index contributed by atoms with van der Waals surface area (Å²) in [6.45, 7) is 0. The van der Waals surface area contributed by atoms with Crippen molar-refractivity contribution in [2.45, 2.75) is 4.90 Å². The molecule has 3 aromatic carbocycles. The van der Waals surface area contributed by atoms with Gasteiger partial charge in [0, 0.05) is 11.3 Å². The molecular formula is C17H11N3Na2O6S. The van der Waals surface area contributed by atoms with E-state index in [1.807, 2.05) is 0 Å². The molecule has 0 aliphatic heterocycles. The van der Waals surface area contributed by atoms with Crippen LogP contribution in [0.5, 0.6) is 5.75 Å². The normalized spacial score (nSPS) is 11.1. The van der Waals surface area contributed by atoms with Crippen LogP contribution in [0, 0.1) is 0 Å². The van der Waals surface area contributed by atoms with Crippen LogP contribution in [0.1, 0.15) is 10.4 Å². The predicted molar refractivity (Wildman–Crippen MR) is 92.6 cm³/mol. The van der Waals surface area contributed by atoms with Gasteiger partial charge in [-0.15, -0.1) is 10.2 Å². The van der Waals surface area contributed by atoms with Gasteiger partial charge in [0.2, 0.25) is 0 Å². The van der Waals surface area contributed by atoms with Gasteiger partial charge in [0.1, 0.15) is 4.90 Å². The average Bonchev–Trinajstić information content (AvgIpc) is 2.60. The third-order valence-corrected chi connectivity index (χ3v) is 4.58. The molecule has 0 aromatic heterocycles. The Labute approximate surface area is 210 Å². The van der Waals surface area contributed by atoms with Crippen LogP contribution in [-0.4, -0.2) is 18.9 Å². The third-order valence-electron chi connectivity index (χ3n) is 3.72. The number of carbonyl (C=O) groups is 1. The zero-order valence-corrected chi connectivity index (χ0v) is 20.3. The number of anilines is 1. The largest absolute Gasteiger partial charge is 1.00 e. The Morgan fingerprint density at radius 1 is 1.03 bits per heavy atom. The van der Waals surface area contributed by atoms with E-state index in [4.69, 9.17) is 5.73 Å². The number of nitrogen functional groups attached to an aromatic ring is 1. The van der Waals surface area contributed by atoms with Crippen LogP contribution in [-0.2, 0) is 10.1 Å². The van der Waals surface area contributed by atoms with Crippen LogP contribution in [0.25, 0.3) is 10.8 Å². The van der Waals surface area contributed by atoms with E-state index >= 15 is 0 Å². The average molecular weight is 431 g/mol. The molecule has 12 heteroatoms. The van der Waals surface area contributed by atoms with Crippen molar-refractivity contribution in [3.8, 4) is 5.75 Å². The van der Waals surface area contributed by atoms with Crippen LogP contribution < -0.4 is 75.1 Å². The Balaban J connectivity index is 0.00000210. The minimum absolute atomic E-state index is 0. The van der Waals surface area contributed by atoms with E-state index in [1.54, 1.807) is 0 Å². The molecule has 3 rings (SSSR count). The molecule has 0 bridgehead atoms. The topological polar surface area (TPSA) is 168 Å². The van der Waals surface area contributed by atoms with Gasteiger partial charge in [-0.1, -0.05) is 30.0 Å². The van der Waals surface area contributed by atoms with Crippen LogP contribution in [0.3, 0.4) is 0 Å². The molecule has 0 heterocycles. The maximum Gasteiger partial charge on any atom is 1.00 e. The number of hydrogen-bond donors (Lipinski definition) is 2. The molecule has 0 unspecified atom stereocenters. The molecule has 0 atom stereocenters. The predicted octanol–water partition coefficient (Wildman–Crippen LogP) is -4.47. The number of carboxylic acids is 1. The second-order valence-corrected chi connectivity index (χ2v) is 6.90. The zero-order valence-electron chi connectivity index (χ0n) is 15.5. The molecule has 0 amide bonds. The number of carbonyl (C=O) groups excluding carboxylic acids is 1. The summed E-state index contributed by atoms with van der Waals surface area (Å²) in [5, 5.41) is 31.4. The van der Waals surface area contributed by atoms with Gasteiger partial charge in [0.05, 0.1) is 17.3 Å². The first-order valence-corrected chi connectivity index (χ1v) is 8.85. The third kappa shape index (κ3) is 5.56. The van der Waals surface area contributed by atoms with Crippen LogP contribution in [0.15, 0.2) is 63.7 Å². The first kappa shape index (κ1) is 25.5. The van der Waals surface area contributed by atoms with E-state index in [-0.39, 0.29) is 86.8 Å². The van der Waals surface area contributed by atoms with Crippen molar-refractivity contribution in [2.24, 2.45) is 10.2 Å². The molecule has 0 spiro atoms. The first-order valence-electron chi connectivity index (χ1n) is 7.41. The number of azo groups is 1. The van der Waals surface area contributed by atoms with Crippen molar-refractivity contribution in [2.75, 3.05) is 5.73 Å². The summed E-state index contributed by atoms with van der Waals surface area (Å²) in [5.41, 5.74) is 4.81. The quantitative estimate of drug-likeness (QED) is 0.182. The molecule has 0 saturated heterocycles. The van der Waals surface area contributed by atoms with Gasteiger partial charge in [-0.3, -0.25) is 4.55 Å². The summed E-state index contributed by atoms with van der Waals surface area (Å²) in [6, 6.07) is 10.7. The Bertz CT molecular complexity index is 1220. The van der Waals surface area contributed by atoms with Crippen LogP contribution in [0.2, 0.25) is 0 Å². The van der Waals surface area contributed by atoms with Gasteiger partial charge in [-0.25, -0.2) is 0 Å². The van der Waals surface area contributed by atoms with Crippen molar-refractivity contribution in [1.82, 2.24) is 0 Å². The van der Waals surface area contributed by atoms with Gasteiger partial charge >= 0.3 is 59.1 Å². The first-order chi connectivity index (χ1) is 12.7. The summed E-state index contributed by atoms with van der Waals surface area (Å²) >= 11 is 0. The van der Waals surface area contributed by atoms with Gasteiger partial charge in [0.25, 0.3) is 10.1 Å². The molecule has 0 saturated carbocycles. The van der Waals surface area contributed by atoms with Gasteiger partial charge in [-0.05, 0) is 35.0 Å². The smallest absolute Gasteiger partial charge is 0.871 e. The fourth-order valence-electron chi connectivity index (χ4n) is 2.47. The maximum absolute atomic E-state index is 12.7. The van der Waals surface area contributed by atoms with E-state index in [0.29, 0.717) is 0 Å². The SMILES string of the molecule is Nc1ccc2cc(S(=O)(=O)O)c(N=Nc3ccccc3C(=O)[O-])c([O-])c2c1.[Na+].[Na+]. The Morgan fingerprint density at radius 3 is 2.31 bits per heavy atom. The second kappa shape index (κ2) is 10.0. The van der Waals surface area contributed by atoms with Gasteiger partial charge in [-0.2, -0.15) is 8.42 Å². The number of nitrogens with two attached hydrogens (primary N) is 1. The second-order valence-electron chi connectivity index (χ2n) is 5.51. The van der Waals surface area contributed by atoms with Crippen molar-refractivity contribution in [3.63, 3.8) is 0 Å². The van der Waals surface area contributed by atoms with Gasteiger partial charge in [0.15, 0.2) is 0 Å². The number of carboxylic acid groups (broad SMARTS) is 1. The van der Waals surface area contributed by atoms with Crippen molar-refractivity contribution >= 4 is 43.9 Å². The minimum Gasteiger partial charge on any atom is -0.871 e. The monoisotopic (exact) mass is 431 g/mol. The summed E-state index contributed by atoms with van der Waals surface area (Å²) in [5.74, 6) is -2.35. The molecule has 0 aliphatic rings.